The van der Waals surface area contributed by atoms with Gasteiger partial charge in [0.25, 0.3) is 11.8 Å². The monoisotopic (exact) mass is 442 g/mol. The predicted molar refractivity (Wildman–Crippen MR) is 130 cm³/mol. The average molecular weight is 443 g/mol. The Morgan fingerprint density at radius 3 is 2.52 bits per heavy atom. The molecule has 3 heterocycles. The molecule has 0 spiro atoms. The standard InChI is InChI=1S/C26H26N4O3/c1-3-27-12-7-13-30-15-19(17-9-6-11-21(33-2)24(17)30)23-22(25(31)29-26(23)32)18-14-28-20-10-5-4-8-16(18)20/h4-6,8-11,14-15,27-28H,3,7,12-13H2,1-2H3,(H,29,31,32). The molecule has 0 saturated carbocycles. The maximum atomic E-state index is 13.1. The molecule has 2 aromatic carbocycles. The number of ether oxygens (including phenoxy) is 1. The lowest BCUT2D eigenvalue weighted by Crippen LogP contribution is -2.22. The van der Waals surface area contributed by atoms with Crippen molar-refractivity contribution in [2.75, 3.05) is 20.2 Å². The van der Waals surface area contributed by atoms with Crippen LogP contribution in [-0.4, -0.2) is 41.6 Å². The summed E-state index contributed by atoms with van der Waals surface area (Å²) in [4.78, 5) is 29.3. The van der Waals surface area contributed by atoms with Gasteiger partial charge in [-0.05, 0) is 31.6 Å². The van der Waals surface area contributed by atoms with Gasteiger partial charge in [0.15, 0.2) is 0 Å². The van der Waals surface area contributed by atoms with Crippen molar-refractivity contribution in [1.82, 2.24) is 20.2 Å². The summed E-state index contributed by atoms with van der Waals surface area (Å²) < 4.78 is 7.77. The number of hydrogen-bond acceptors (Lipinski definition) is 4. The number of aromatic nitrogens is 2. The number of fused-ring (bicyclic) bond motifs is 2. The van der Waals surface area contributed by atoms with E-state index in [0.29, 0.717) is 11.1 Å². The van der Waals surface area contributed by atoms with E-state index in [-0.39, 0.29) is 11.8 Å². The van der Waals surface area contributed by atoms with E-state index < -0.39 is 0 Å². The first-order chi connectivity index (χ1) is 16.1. The Hall–Kier alpha value is -3.84. The van der Waals surface area contributed by atoms with Gasteiger partial charge in [-0.2, -0.15) is 0 Å². The first-order valence-corrected chi connectivity index (χ1v) is 11.2. The summed E-state index contributed by atoms with van der Waals surface area (Å²) in [6.45, 7) is 4.66. The van der Waals surface area contributed by atoms with Gasteiger partial charge >= 0.3 is 0 Å². The molecule has 3 N–H and O–H groups in total. The Labute approximate surface area is 191 Å². The van der Waals surface area contributed by atoms with Gasteiger partial charge in [0.2, 0.25) is 0 Å². The molecular formula is C26H26N4O3. The van der Waals surface area contributed by atoms with Crippen LogP contribution in [0.2, 0.25) is 0 Å². The van der Waals surface area contributed by atoms with E-state index in [0.717, 1.165) is 64.7 Å². The van der Waals surface area contributed by atoms with Crippen molar-refractivity contribution in [3.05, 3.63) is 66.0 Å². The minimum atomic E-state index is -0.380. The van der Waals surface area contributed by atoms with Crippen molar-refractivity contribution in [3.8, 4) is 5.75 Å². The fourth-order valence-electron chi connectivity index (χ4n) is 4.66. The molecule has 7 nitrogen and oxygen atoms in total. The van der Waals surface area contributed by atoms with Gasteiger partial charge in [-0.3, -0.25) is 14.9 Å². The number of hydrogen-bond donors (Lipinski definition) is 3. The van der Waals surface area contributed by atoms with Crippen LogP contribution < -0.4 is 15.4 Å². The second kappa shape index (κ2) is 8.60. The molecule has 0 saturated heterocycles. The van der Waals surface area contributed by atoms with E-state index in [1.165, 1.54) is 0 Å². The summed E-state index contributed by atoms with van der Waals surface area (Å²) in [7, 11) is 1.65. The SMILES string of the molecule is CCNCCCn1cc(C2=C(c3c[nH]c4ccccc34)C(=O)NC2=O)c2cccc(OC)c21. The van der Waals surface area contributed by atoms with Crippen molar-refractivity contribution in [3.63, 3.8) is 0 Å². The van der Waals surface area contributed by atoms with Crippen LogP contribution >= 0.6 is 0 Å². The fourth-order valence-corrected chi connectivity index (χ4v) is 4.66. The molecule has 0 aliphatic carbocycles. The van der Waals surface area contributed by atoms with Crippen LogP contribution in [0.1, 0.15) is 24.5 Å². The summed E-state index contributed by atoms with van der Waals surface area (Å²) in [5, 5.41) is 7.65. The maximum absolute atomic E-state index is 13.1. The second-order valence-corrected chi connectivity index (χ2v) is 8.08. The zero-order valence-electron chi connectivity index (χ0n) is 18.7. The van der Waals surface area contributed by atoms with Gasteiger partial charge in [-0.15, -0.1) is 0 Å². The number of aryl methyl sites for hydroxylation is 1. The van der Waals surface area contributed by atoms with Crippen molar-refractivity contribution in [2.45, 2.75) is 19.9 Å². The van der Waals surface area contributed by atoms with Crippen LogP contribution in [0.15, 0.2) is 54.9 Å². The Morgan fingerprint density at radius 2 is 1.73 bits per heavy atom. The molecule has 0 bridgehead atoms. The summed E-state index contributed by atoms with van der Waals surface area (Å²) in [6, 6.07) is 13.6. The minimum Gasteiger partial charge on any atom is -0.495 e. The Morgan fingerprint density at radius 1 is 0.970 bits per heavy atom. The Balaban J connectivity index is 1.72. The third kappa shape index (κ3) is 3.50. The van der Waals surface area contributed by atoms with Crippen molar-refractivity contribution in [2.24, 2.45) is 0 Å². The molecule has 0 atom stereocenters. The molecule has 2 aromatic heterocycles. The van der Waals surface area contributed by atoms with E-state index in [2.05, 4.69) is 27.1 Å². The number of benzene rings is 2. The number of imide groups is 1. The highest BCUT2D eigenvalue weighted by Crippen LogP contribution is 2.40. The first-order valence-electron chi connectivity index (χ1n) is 11.2. The number of nitrogens with one attached hydrogen (secondary N) is 3. The summed E-state index contributed by atoms with van der Waals surface area (Å²) in [5.41, 5.74) is 4.08. The fraction of sp³-hybridized carbons (Fsp3) is 0.231. The second-order valence-electron chi connectivity index (χ2n) is 8.08. The molecule has 168 valence electrons. The lowest BCUT2D eigenvalue weighted by atomic mass is 9.95. The van der Waals surface area contributed by atoms with Gasteiger partial charge in [0.05, 0.1) is 23.8 Å². The van der Waals surface area contributed by atoms with E-state index in [1.807, 2.05) is 48.7 Å². The molecule has 2 amide bonds. The number of rotatable bonds is 8. The van der Waals surface area contributed by atoms with Crippen LogP contribution in [0.5, 0.6) is 5.75 Å². The molecule has 0 fully saturated rings. The molecule has 4 aromatic rings. The third-order valence-corrected chi connectivity index (χ3v) is 6.14. The lowest BCUT2D eigenvalue weighted by Gasteiger charge is -2.09. The number of amides is 2. The van der Waals surface area contributed by atoms with E-state index in [9.17, 15) is 9.59 Å². The average Bonchev–Trinajstić information content (AvgIpc) is 3.49. The van der Waals surface area contributed by atoms with Crippen LogP contribution in [0.4, 0.5) is 0 Å². The number of carbonyl (C=O) groups is 2. The molecular weight excluding hydrogens is 416 g/mol. The van der Waals surface area contributed by atoms with Gasteiger partial charge in [0.1, 0.15) is 5.75 Å². The molecule has 0 unspecified atom stereocenters. The molecule has 0 radical (unpaired) electrons. The smallest absolute Gasteiger partial charge is 0.259 e. The number of nitrogens with zero attached hydrogens (tertiary/aromatic N) is 1. The number of carbonyl (C=O) groups excluding carboxylic acids is 2. The molecule has 5 rings (SSSR count). The summed E-state index contributed by atoms with van der Waals surface area (Å²) >= 11 is 0. The largest absolute Gasteiger partial charge is 0.495 e. The van der Waals surface area contributed by atoms with E-state index >= 15 is 0 Å². The third-order valence-electron chi connectivity index (χ3n) is 6.14. The molecule has 1 aliphatic rings. The van der Waals surface area contributed by atoms with E-state index in [1.54, 1.807) is 13.3 Å². The van der Waals surface area contributed by atoms with Crippen LogP contribution in [0.25, 0.3) is 33.0 Å². The molecule has 7 heteroatoms. The summed E-state index contributed by atoms with van der Waals surface area (Å²) in [6.07, 6.45) is 4.70. The van der Waals surface area contributed by atoms with Gasteiger partial charge in [-0.25, -0.2) is 0 Å². The molecule has 33 heavy (non-hydrogen) atoms. The highest BCUT2D eigenvalue weighted by molar-refractivity contribution is 6.50. The molecule has 1 aliphatic heterocycles. The normalized spacial score (nSPS) is 14.0. The van der Waals surface area contributed by atoms with Gasteiger partial charge in [0, 0.05) is 46.4 Å². The lowest BCUT2D eigenvalue weighted by molar-refractivity contribution is -0.122. The predicted octanol–water partition coefficient (Wildman–Crippen LogP) is 3.70. The zero-order chi connectivity index (χ0) is 22.9. The van der Waals surface area contributed by atoms with Crippen molar-refractivity contribution < 1.29 is 14.3 Å². The van der Waals surface area contributed by atoms with Crippen LogP contribution in [0, 0.1) is 0 Å². The minimum absolute atomic E-state index is 0.379. The van der Waals surface area contributed by atoms with Gasteiger partial charge < -0.3 is 19.6 Å². The van der Waals surface area contributed by atoms with Crippen LogP contribution in [0.3, 0.4) is 0 Å². The van der Waals surface area contributed by atoms with Crippen molar-refractivity contribution >= 4 is 44.8 Å². The number of methoxy groups -OCH3 is 1. The van der Waals surface area contributed by atoms with Crippen molar-refractivity contribution in [1.29, 1.82) is 0 Å². The Bertz CT molecular complexity index is 1410. The number of H-pyrrole nitrogens is 1. The zero-order valence-corrected chi connectivity index (χ0v) is 18.7. The van der Waals surface area contributed by atoms with Gasteiger partial charge in [-0.1, -0.05) is 37.3 Å². The topological polar surface area (TPSA) is 88.2 Å². The number of aromatic amines is 1. The maximum Gasteiger partial charge on any atom is 0.259 e. The van der Waals surface area contributed by atoms with Crippen LogP contribution in [-0.2, 0) is 16.1 Å². The quantitative estimate of drug-likeness (QED) is 0.287. The highest BCUT2D eigenvalue weighted by Gasteiger charge is 2.35. The Kier molecular flexibility index (Phi) is 5.48. The summed E-state index contributed by atoms with van der Waals surface area (Å²) in [5.74, 6) is -0.0216. The van der Waals surface area contributed by atoms with E-state index in [4.69, 9.17) is 4.74 Å². The highest BCUT2D eigenvalue weighted by atomic mass is 16.5. The first kappa shape index (κ1) is 21.0. The number of para-hydroxylation sites is 2.